The normalized spacial score (nSPS) is 17.8. The fourth-order valence-corrected chi connectivity index (χ4v) is 6.47. The number of Topliss-reactive ketones (excluding diaryl/α,β-unsaturated/α-hetero) is 1. The highest BCUT2D eigenvalue weighted by atomic mass is 32.3. The van der Waals surface area contributed by atoms with Gasteiger partial charge in [-0.2, -0.15) is 8.42 Å². The van der Waals surface area contributed by atoms with Gasteiger partial charge in [0.15, 0.2) is 22.7 Å². The van der Waals surface area contributed by atoms with Gasteiger partial charge in [0.05, 0.1) is 4.90 Å². The summed E-state index contributed by atoms with van der Waals surface area (Å²) in [4.78, 5) is 11.7. The highest BCUT2D eigenvalue weighted by molar-refractivity contribution is 8.03. The van der Waals surface area contributed by atoms with Crippen molar-refractivity contribution >= 4 is 27.1 Å². The quantitative estimate of drug-likeness (QED) is 0.702. The lowest BCUT2D eigenvalue weighted by Crippen LogP contribution is -2.28. The van der Waals surface area contributed by atoms with Crippen LogP contribution >= 0.6 is 0 Å². The molecule has 0 radical (unpaired) electrons. The van der Waals surface area contributed by atoms with Crippen LogP contribution in [0.3, 0.4) is 0 Å². The molecule has 0 amide bonds. The summed E-state index contributed by atoms with van der Waals surface area (Å²) in [7, 11) is -3.81. The van der Waals surface area contributed by atoms with Crippen LogP contribution in [0.25, 0.3) is 0 Å². The molecule has 0 aliphatic heterocycles. The predicted molar refractivity (Wildman–Crippen MR) is 93.8 cm³/mol. The van der Waals surface area contributed by atoms with E-state index in [-0.39, 0.29) is 16.4 Å². The Labute approximate surface area is 142 Å². The maximum atomic E-state index is 12.5. The molecule has 4 nitrogen and oxygen atoms in total. The summed E-state index contributed by atoms with van der Waals surface area (Å²) in [6.45, 7) is 3.39. The fourth-order valence-electron chi connectivity index (χ4n) is 2.83. The lowest BCUT2D eigenvalue weighted by Gasteiger charge is -2.19. The van der Waals surface area contributed by atoms with Crippen molar-refractivity contribution in [2.45, 2.75) is 50.8 Å². The predicted octanol–water partition coefficient (Wildman–Crippen LogP) is 3.40. The number of ketones is 1. The molecular weight excluding hydrogens is 332 g/mol. The van der Waals surface area contributed by atoms with Crippen LogP contribution in [0.4, 0.5) is 0 Å². The summed E-state index contributed by atoms with van der Waals surface area (Å²) in [5.74, 6) is 1.30. The van der Waals surface area contributed by atoms with Gasteiger partial charge in [0.1, 0.15) is 5.75 Å². The molecule has 1 aromatic rings. The van der Waals surface area contributed by atoms with E-state index in [1.807, 2.05) is 6.92 Å². The van der Waals surface area contributed by atoms with Crippen LogP contribution < -0.4 is 0 Å². The number of aryl methyl sites for hydroxylation is 1. The molecule has 1 unspecified atom stereocenters. The van der Waals surface area contributed by atoms with Gasteiger partial charge < -0.3 is 0 Å². The Hall–Kier alpha value is -0.850. The van der Waals surface area contributed by atoms with Crippen LogP contribution in [0.15, 0.2) is 29.2 Å². The number of carbonyl (C=O) groups excluding carboxylic acids is 1. The molecule has 0 spiro atoms. The lowest BCUT2D eigenvalue weighted by atomic mass is 9.91. The molecule has 1 aliphatic rings. The average Bonchev–Trinajstić information content (AvgIpc) is 2.47. The molecule has 1 fully saturated rings. The fraction of sp³-hybridized carbons (Fsp3) is 0.588. The first-order valence-corrected chi connectivity index (χ1v) is 10.9. The maximum Gasteiger partial charge on any atom is 0.339 e. The summed E-state index contributed by atoms with van der Waals surface area (Å²) in [5.41, 5.74) is 0.994. The van der Waals surface area contributed by atoms with E-state index in [1.54, 1.807) is 24.3 Å². The van der Waals surface area contributed by atoms with Crippen molar-refractivity contribution in [3.05, 3.63) is 29.8 Å². The number of hydrogen-bond acceptors (Lipinski definition) is 4. The summed E-state index contributed by atoms with van der Waals surface area (Å²) in [6.07, 6.45) is 5.84. The van der Waals surface area contributed by atoms with Gasteiger partial charge in [-0.05, 0) is 42.5 Å². The SMILES string of the molecule is CC(=O)C[S+](CC1CCCCC1)OS(=O)(=O)c1ccc(C)cc1. The molecule has 6 heteroatoms. The first-order valence-electron chi connectivity index (χ1n) is 8.05. The molecule has 1 saturated carbocycles. The zero-order valence-corrected chi connectivity index (χ0v) is 15.4. The molecule has 1 aliphatic carbocycles. The van der Waals surface area contributed by atoms with Gasteiger partial charge in [-0.25, -0.2) is 0 Å². The molecule has 0 heterocycles. The van der Waals surface area contributed by atoms with Crippen LogP contribution in [-0.4, -0.2) is 25.7 Å². The molecule has 1 aromatic carbocycles. The van der Waals surface area contributed by atoms with E-state index < -0.39 is 21.3 Å². The Balaban J connectivity index is 2.08. The van der Waals surface area contributed by atoms with Crippen molar-refractivity contribution in [3.8, 4) is 0 Å². The molecule has 0 aromatic heterocycles. The van der Waals surface area contributed by atoms with E-state index in [1.165, 1.54) is 26.2 Å². The molecule has 2 rings (SSSR count). The third-order valence-electron chi connectivity index (χ3n) is 4.01. The van der Waals surface area contributed by atoms with E-state index in [0.29, 0.717) is 11.7 Å². The van der Waals surface area contributed by atoms with Crippen LogP contribution in [0.1, 0.15) is 44.6 Å². The molecule has 0 bridgehead atoms. The Morgan fingerprint density at radius 2 is 1.78 bits per heavy atom. The largest absolute Gasteiger partial charge is 0.339 e. The van der Waals surface area contributed by atoms with Gasteiger partial charge in [-0.3, -0.25) is 4.79 Å². The summed E-state index contributed by atoms with van der Waals surface area (Å²) >= 11 is -0.865. The highest BCUT2D eigenvalue weighted by Gasteiger charge is 2.35. The minimum Gasteiger partial charge on any atom is -0.295 e. The summed E-state index contributed by atoms with van der Waals surface area (Å²) < 4.78 is 30.4. The van der Waals surface area contributed by atoms with Crippen LogP contribution in [0.5, 0.6) is 0 Å². The lowest BCUT2D eigenvalue weighted by molar-refractivity contribution is -0.114. The Bertz CT molecular complexity index is 616. The third kappa shape index (κ3) is 5.94. The Kier molecular flexibility index (Phi) is 6.68. The molecular formula is C17H25O4S2+. The van der Waals surface area contributed by atoms with E-state index in [2.05, 4.69) is 0 Å². The van der Waals surface area contributed by atoms with Gasteiger partial charge in [0.25, 0.3) is 0 Å². The smallest absolute Gasteiger partial charge is 0.295 e. The standard InChI is InChI=1S/C17H25O4S2/c1-14-8-10-17(11-9-14)23(19,20)21-22(12-15(2)18)13-16-6-4-3-5-7-16/h8-11,16H,3-7,12-13H2,1-2H3/q+1. The van der Waals surface area contributed by atoms with Crippen molar-refractivity contribution in [2.75, 3.05) is 11.5 Å². The minimum atomic E-state index is -3.81. The highest BCUT2D eigenvalue weighted by Crippen LogP contribution is 2.27. The molecule has 0 N–H and O–H groups in total. The van der Waals surface area contributed by atoms with Crippen molar-refractivity contribution in [3.63, 3.8) is 0 Å². The van der Waals surface area contributed by atoms with E-state index in [9.17, 15) is 13.2 Å². The van der Waals surface area contributed by atoms with Gasteiger partial charge >= 0.3 is 10.1 Å². The van der Waals surface area contributed by atoms with Crippen molar-refractivity contribution in [1.82, 2.24) is 0 Å². The van der Waals surface area contributed by atoms with Gasteiger partial charge in [-0.15, -0.1) is 0 Å². The molecule has 0 saturated heterocycles. The van der Waals surface area contributed by atoms with E-state index in [0.717, 1.165) is 18.4 Å². The van der Waals surface area contributed by atoms with E-state index >= 15 is 0 Å². The van der Waals surface area contributed by atoms with E-state index in [4.69, 9.17) is 3.63 Å². The second kappa shape index (κ2) is 8.31. The topological polar surface area (TPSA) is 60.4 Å². The van der Waals surface area contributed by atoms with Crippen molar-refractivity contribution < 1.29 is 16.8 Å². The van der Waals surface area contributed by atoms with Crippen molar-refractivity contribution in [2.24, 2.45) is 5.92 Å². The number of carbonyl (C=O) groups is 1. The summed E-state index contributed by atoms with van der Waals surface area (Å²) in [5, 5.41) is 0. The van der Waals surface area contributed by atoms with Crippen LogP contribution in [0.2, 0.25) is 0 Å². The monoisotopic (exact) mass is 357 g/mol. The Morgan fingerprint density at radius 1 is 1.17 bits per heavy atom. The first-order chi connectivity index (χ1) is 10.9. The number of rotatable bonds is 7. The first kappa shape index (κ1) is 18.5. The van der Waals surface area contributed by atoms with Crippen molar-refractivity contribution in [1.29, 1.82) is 0 Å². The van der Waals surface area contributed by atoms with Crippen LogP contribution in [-0.2, 0) is 29.7 Å². The maximum absolute atomic E-state index is 12.5. The van der Waals surface area contributed by atoms with Gasteiger partial charge in [0, 0.05) is 5.92 Å². The Morgan fingerprint density at radius 3 is 2.35 bits per heavy atom. The number of benzene rings is 1. The second-order valence-corrected chi connectivity index (χ2v) is 9.72. The zero-order valence-electron chi connectivity index (χ0n) is 13.8. The zero-order chi connectivity index (χ0) is 16.9. The summed E-state index contributed by atoms with van der Waals surface area (Å²) in [6, 6.07) is 6.61. The van der Waals surface area contributed by atoms with Gasteiger partial charge in [-0.1, -0.05) is 37.0 Å². The third-order valence-corrected chi connectivity index (χ3v) is 7.91. The number of hydrogen-bond donors (Lipinski definition) is 0. The average molecular weight is 358 g/mol. The van der Waals surface area contributed by atoms with Crippen LogP contribution in [0, 0.1) is 12.8 Å². The molecule has 128 valence electrons. The molecule has 23 heavy (non-hydrogen) atoms. The molecule has 1 atom stereocenters. The van der Waals surface area contributed by atoms with Gasteiger partial charge in [0.2, 0.25) is 0 Å². The minimum absolute atomic E-state index is 0.0248. The second-order valence-electron chi connectivity index (χ2n) is 6.29.